The number of carbonyl (C=O) groups is 3. The van der Waals surface area contributed by atoms with E-state index in [1.807, 2.05) is 13.0 Å². The fraction of sp³-hybridized carbons (Fsp3) is 0.346. The van der Waals surface area contributed by atoms with E-state index >= 15 is 0 Å². The van der Waals surface area contributed by atoms with Gasteiger partial charge in [0.2, 0.25) is 5.91 Å². The van der Waals surface area contributed by atoms with Crippen LogP contribution in [0, 0.1) is 6.92 Å². The number of hydrogen-bond donors (Lipinski definition) is 2. The lowest BCUT2D eigenvalue weighted by atomic mass is 10.1. The molecule has 0 fully saturated rings. The second kappa shape index (κ2) is 10.8. The molecule has 0 atom stereocenters. The number of aromatic nitrogens is 1. The van der Waals surface area contributed by atoms with Gasteiger partial charge >= 0.3 is 5.97 Å². The molecule has 2 aromatic carbocycles. The minimum Gasteiger partial charge on any atom is -0.508 e. The maximum absolute atomic E-state index is 13.3. The van der Waals surface area contributed by atoms with Crippen molar-refractivity contribution in [2.24, 2.45) is 0 Å². The molecule has 1 aromatic heterocycles. The Balaban J connectivity index is 1.89. The minimum atomic E-state index is -0.780. The van der Waals surface area contributed by atoms with Gasteiger partial charge < -0.3 is 15.1 Å². The van der Waals surface area contributed by atoms with Gasteiger partial charge in [-0.2, -0.15) is 0 Å². The molecule has 1 heterocycles. The molecule has 0 aliphatic rings. The summed E-state index contributed by atoms with van der Waals surface area (Å²) < 4.78 is 1.60. The summed E-state index contributed by atoms with van der Waals surface area (Å²) in [5, 5.41) is 19.5. The van der Waals surface area contributed by atoms with E-state index in [4.69, 9.17) is 5.11 Å². The summed E-state index contributed by atoms with van der Waals surface area (Å²) in [7, 11) is 0. The third-order valence-corrected chi connectivity index (χ3v) is 5.80. The van der Waals surface area contributed by atoms with E-state index < -0.39 is 5.97 Å². The van der Waals surface area contributed by atoms with Crippen LogP contribution in [-0.4, -0.2) is 39.1 Å². The summed E-state index contributed by atoms with van der Waals surface area (Å²) in [5.41, 5.74) is 2.44. The molecule has 0 aliphatic heterocycles. The van der Waals surface area contributed by atoms with Gasteiger partial charge in [-0.05, 0) is 50.1 Å². The first-order valence-corrected chi connectivity index (χ1v) is 11.2. The largest absolute Gasteiger partial charge is 0.508 e. The van der Waals surface area contributed by atoms with Gasteiger partial charge in [0.15, 0.2) is 0 Å². The number of aromatic hydroxyl groups is 1. The summed E-state index contributed by atoms with van der Waals surface area (Å²) in [5.74, 6) is -1.05. The Hall–Kier alpha value is -3.61. The number of phenolic OH excluding ortho intramolecular Hbond substituents is 1. The number of amides is 1. The number of carbonyl (C=O) groups excluding carboxylic acids is 2. The zero-order chi connectivity index (χ0) is 24.0. The average molecular weight is 451 g/mol. The summed E-state index contributed by atoms with van der Waals surface area (Å²) in [6.07, 6.45) is 4.19. The van der Waals surface area contributed by atoms with Gasteiger partial charge in [-0.15, -0.1) is 0 Å². The molecule has 0 aliphatic carbocycles. The van der Waals surface area contributed by atoms with Crippen molar-refractivity contribution >= 4 is 34.4 Å². The van der Waals surface area contributed by atoms with Crippen molar-refractivity contribution < 1.29 is 24.6 Å². The average Bonchev–Trinajstić information content (AvgIpc) is 3.06. The zero-order valence-corrected chi connectivity index (χ0v) is 19.1. The van der Waals surface area contributed by atoms with Crippen molar-refractivity contribution in [1.29, 1.82) is 0 Å². The Labute approximate surface area is 193 Å². The van der Waals surface area contributed by atoms with Gasteiger partial charge in [-0.1, -0.05) is 37.5 Å². The molecule has 0 saturated heterocycles. The van der Waals surface area contributed by atoms with Crippen molar-refractivity contribution in [3.8, 4) is 5.75 Å². The van der Waals surface area contributed by atoms with E-state index in [1.165, 1.54) is 13.0 Å². The Kier molecular flexibility index (Phi) is 7.87. The van der Waals surface area contributed by atoms with Crippen LogP contribution in [-0.2, 0) is 9.59 Å². The number of rotatable bonds is 10. The van der Waals surface area contributed by atoms with Crippen LogP contribution in [0.15, 0.2) is 48.5 Å². The second-order valence-electron chi connectivity index (χ2n) is 8.22. The first-order valence-electron chi connectivity index (χ1n) is 11.2. The Morgan fingerprint density at radius 2 is 1.61 bits per heavy atom. The van der Waals surface area contributed by atoms with Gasteiger partial charge in [0.25, 0.3) is 5.91 Å². The van der Waals surface area contributed by atoms with E-state index in [2.05, 4.69) is 0 Å². The highest BCUT2D eigenvalue weighted by molar-refractivity contribution is 6.11. The highest BCUT2D eigenvalue weighted by Crippen LogP contribution is 2.36. The van der Waals surface area contributed by atoms with Crippen LogP contribution in [0.2, 0.25) is 0 Å². The topological polar surface area (TPSA) is 99.8 Å². The van der Waals surface area contributed by atoms with Gasteiger partial charge in [-0.3, -0.25) is 19.0 Å². The standard InChI is InChI=1S/C26H30N2O5/c1-18-25(27(19(2)29)16-10-5-3-4-9-13-24(31)32)22-17-21(30)14-15-23(22)28(18)26(33)20-11-7-6-8-12-20/h6-8,11-12,14-15,17,30H,3-5,9-10,13,16H2,1-2H3,(H,31,32). The molecule has 3 rings (SSSR count). The van der Waals surface area contributed by atoms with Crippen LogP contribution in [0.1, 0.15) is 61.5 Å². The Morgan fingerprint density at radius 1 is 0.939 bits per heavy atom. The molecule has 0 bridgehead atoms. The van der Waals surface area contributed by atoms with Gasteiger partial charge in [0.1, 0.15) is 5.75 Å². The van der Waals surface area contributed by atoms with E-state index in [1.54, 1.807) is 45.9 Å². The molecule has 33 heavy (non-hydrogen) atoms. The molecule has 7 heteroatoms. The highest BCUT2D eigenvalue weighted by Gasteiger charge is 2.25. The smallest absolute Gasteiger partial charge is 0.303 e. The monoisotopic (exact) mass is 450 g/mol. The molecule has 0 unspecified atom stereocenters. The van der Waals surface area contributed by atoms with Crippen molar-refractivity contribution in [1.82, 2.24) is 4.57 Å². The summed E-state index contributed by atoms with van der Waals surface area (Å²) in [4.78, 5) is 38.2. The third-order valence-electron chi connectivity index (χ3n) is 5.80. The number of carboxylic acid groups (broad SMARTS) is 1. The van der Waals surface area contributed by atoms with E-state index in [-0.39, 0.29) is 24.0 Å². The summed E-state index contributed by atoms with van der Waals surface area (Å²) in [6.45, 7) is 3.79. The van der Waals surface area contributed by atoms with E-state index in [9.17, 15) is 19.5 Å². The predicted octanol–water partition coefficient (Wildman–Crippen LogP) is 5.12. The molecule has 174 valence electrons. The van der Waals surface area contributed by atoms with E-state index in [0.717, 1.165) is 25.7 Å². The molecule has 7 nitrogen and oxygen atoms in total. The number of aliphatic carboxylic acids is 1. The number of unbranched alkanes of at least 4 members (excludes halogenated alkanes) is 4. The van der Waals surface area contributed by atoms with Crippen molar-refractivity contribution in [3.05, 3.63) is 59.8 Å². The lowest BCUT2D eigenvalue weighted by Crippen LogP contribution is -2.30. The van der Waals surface area contributed by atoms with Crippen LogP contribution in [0.3, 0.4) is 0 Å². The number of phenols is 1. The molecule has 1 amide bonds. The second-order valence-corrected chi connectivity index (χ2v) is 8.22. The summed E-state index contributed by atoms with van der Waals surface area (Å²) >= 11 is 0. The first kappa shape index (κ1) is 24.0. The Morgan fingerprint density at radius 3 is 2.27 bits per heavy atom. The predicted molar refractivity (Wildman–Crippen MR) is 128 cm³/mol. The van der Waals surface area contributed by atoms with Gasteiger partial charge in [0, 0.05) is 36.5 Å². The van der Waals surface area contributed by atoms with Gasteiger partial charge in [-0.25, -0.2) is 0 Å². The normalized spacial score (nSPS) is 11.0. The SMILES string of the molecule is CC(=O)N(CCCCCCCC(=O)O)c1c(C)n(C(=O)c2ccccc2)c2ccc(O)cc12. The van der Waals surface area contributed by atoms with Gasteiger partial charge in [0.05, 0.1) is 11.2 Å². The number of nitrogens with zero attached hydrogens (tertiary/aromatic N) is 2. The fourth-order valence-electron chi connectivity index (χ4n) is 4.21. The lowest BCUT2D eigenvalue weighted by molar-refractivity contribution is -0.137. The van der Waals surface area contributed by atoms with Crippen LogP contribution < -0.4 is 4.90 Å². The van der Waals surface area contributed by atoms with Crippen LogP contribution >= 0.6 is 0 Å². The first-order chi connectivity index (χ1) is 15.8. The minimum absolute atomic E-state index is 0.0648. The number of hydrogen-bond acceptors (Lipinski definition) is 4. The molecular formula is C26H30N2O5. The number of anilines is 1. The summed E-state index contributed by atoms with van der Waals surface area (Å²) in [6, 6.07) is 13.8. The quantitative estimate of drug-likeness (QED) is 0.418. The van der Waals surface area contributed by atoms with E-state index in [0.29, 0.717) is 40.8 Å². The molecule has 3 aromatic rings. The molecule has 0 radical (unpaired) electrons. The highest BCUT2D eigenvalue weighted by atomic mass is 16.4. The molecule has 2 N–H and O–H groups in total. The number of fused-ring (bicyclic) bond motifs is 1. The van der Waals surface area contributed by atoms with Crippen molar-refractivity contribution in [2.75, 3.05) is 11.4 Å². The maximum atomic E-state index is 13.3. The third kappa shape index (κ3) is 5.61. The lowest BCUT2D eigenvalue weighted by Gasteiger charge is -2.22. The van der Waals surface area contributed by atoms with Crippen molar-refractivity contribution in [3.63, 3.8) is 0 Å². The fourth-order valence-corrected chi connectivity index (χ4v) is 4.21. The van der Waals surface area contributed by atoms with Crippen LogP contribution in [0.4, 0.5) is 5.69 Å². The van der Waals surface area contributed by atoms with Crippen LogP contribution in [0.5, 0.6) is 5.75 Å². The molecule has 0 spiro atoms. The number of carboxylic acids is 1. The number of benzene rings is 2. The van der Waals surface area contributed by atoms with Crippen LogP contribution in [0.25, 0.3) is 10.9 Å². The Bertz CT molecular complexity index is 1150. The van der Waals surface area contributed by atoms with Crippen molar-refractivity contribution in [2.45, 2.75) is 52.4 Å². The molecule has 0 saturated carbocycles. The maximum Gasteiger partial charge on any atom is 0.303 e. The zero-order valence-electron chi connectivity index (χ0n) is 19.1. The molecular weight excluding hydrogens is 420 g/mol.